The van der Waals surface area contributed by atoms with Gasteiger partial charge in [0, 0.05) is 48.7 Å². The van der Waals surface area contributed by atoms with Crippen molar-refractivity contribution in [2.45, 2.75) is 31.6 Å². The van der Waals surface area contributed by atoms with E-state index in [-0.39, 0.29) is 5.56 Å². The van der Waals surface area contributed by atoms with Crippen LogP contribution in [0.15, 0.2) is 40.2 Å². The minimum absolute atomic E-state index is 0.0166. The highest BCUT2D eigenvalue weighted by atomic mass is 32.2. The number of rotatable bonds is 6. The molecule has 4 nitrogen and oxygen atoms in total. The fraction of sp³-hybridized carbons (Fsp3) is 0.421. The first-order valence-corrected chi connectivity index (χ1v) is 9.75. The molecule has 1 aromatic heterocycles. The van der Waals surface area contributed by atoms with Crippen LogP contribution in [0, 0.1) is 12.8 Å². The number of hydrogen-bond donors (Lipinski definition) is 1. The molecule has 3 rings (SSSR count). The predicted octanol–water partition coefficient (Wildman–Crippen LogP) is 3.31. The van der Waals surface area contributed by atoms with E-state index in [1.807, 2.05) is 38.2 Å². The standard InChI is InChI=1S/C19H24N2O2S/c1-4-24(23)15-7-8-18(20-11-14-5-6-14)16(10-15)17-12-21(3)19(22)9-13(17)2/h7-10,12,14,20H,4-6,11H2,1-3H3. The molecule has 0 spiro atoms. The molecule has 1 aliphatic carbocycles. The van der Waals surface area contributed by atoms with E-state index < -0.39 is 11.2 Å². The molecule has 1 fully saturated rings. The van der Waals surface area contributed by atoms with Crippen LogP contribution in [0.2, 0.25) is 0 Å². The van der Waals surface area contributed by atoms with Gasteiger partial charge in [0.15, 0.2) is 4.90 Å². The van der Waals surface area contributed by atoms with E-state index >= 15 is 0 Å². The van der Waals surface area contributed by atoms with Gasteiger partial charge in [0.05, 0.1) is 0 Å². The van der Waals surface area contributed by atoms with Gasteiger partial charge in [-0.05, 0) is 61.5 Å². The van der Waals surface area contributed by atoms with Gasteiger partial charge < -0.3 is 14.4 Å². The van der Waals surface area contributed by atoms with Crippen LogP contribution in [0.4, 0.5) is 5.69 Å². The second kappa shape index (κ2) is 7.03. The number of hydrogen-bond acceptors (Lipinski definition) is 3. The van der Waals surface area contributed by atoms with Crippen LogP contribution >= 0.6 is 0 Å². The van der Waals surface area contributed by atoms with E-state index in [2.05, 4.69) is 5.32 Å². The van der Waals surface area contributed by atoms with Crippen LogP contribution in [-0.2, 0) is 18.2 Å². The number of nitrogens with one attached hydrogen (secondary N) is 1. The zero-order chi connectivity index (χ0) is 17.3. The molecule has 1 atom stereocenters. The van der Waals surface area contributed by atoms with Gasteiger partial charge >= 0.3 is 0 Å². The van der Waals surface area contributed by atoms with Crippen molar-refractivity contribution in [3.8, 4) is 11.1 Å². The summed E-state index contributed by atoms with van der Waals surface area (Å²) < 4.78 is 13.8. The van der Waals surface area contributed by atoms with Crippen LogP contribution in [0.1, 0.15) is 25.3 Å². The first kappa shape index (κ1) is 17.1. The third-order valence-electron chi connectivity index (χ3n) is 4.52. The Morgan fingerprint density at radius 1 is 1.29 bits per heavy atom. The summed E-state index contributed by atoms with van der Waals surface area (Å²) in [5.41, 5.74) is 3.98. The highest BCUT2D eigenvalue weighted by Crippen LogP contribution is 2.34. The lowest BCUT2D eigenvalue weighted by Gasteiger charge is -2.17. The Morgan fingerprint density at radius 2 is 2.04 bits per heavy atom. The molecular formula is C19H24N2O2S. The first-order valence-electron chi connectivity index (χ1n) is 8.43. The highest BCUT2D eigenvalue weighted by Gasteiger charge is 2.22. The Labute approximate surface area is 146 Å². The maximum absolute atomic E-state index is 12.2. The van der Waals surface area contributed by atoms with Crippen LogP contribution in [-0.4, -0.2) is 21.4 Å². The monoisotopic (exact) mass is 344 g/mol. The molecule has 1 aliphatic rings. The zero-order valence-electron chi connectivity index (χ0n) is 14.5. The fourth-order valence-corrected chi connectivity index (χ4v) is 3.59. The minimum Gasteiger partial charge on any atom is -0.611 e. The molecule has 0 aliphatic heterocycles. The molecule has 0 bridgehead atoms. The van der Waals surface area contributed by atoms with Gasteiger partial charge in [-0.15, -0.1) is 0 Å². The zero-order valence-corrected chi connectivity index (χ0v) is 15.3. The summed E-state index contributed by atoms with van der Waals surface area (Å²) in [4.78, 5) is 12.7. The van der Waals surface area contributed by atoms with Crippen LogP contribution in [0.25, 0.3) is 11.1 Å². The second-order valence-corrected chi connectivity index (χ2v) is 8.22. The largest absolute Gasteiger partial charge is 0.611 e. The first-order chi connectivity index (χ1) is 11.5. The average Bonchev–Trinajstić information content (AvgIpc) is 3.40. The third kappa shape index (κ3) is 3.68. The smallest absolute Gasteiger partial charge is 0.250 e. The molecule has 1 N–H and O–H groups in total. The molecule has 1 saturated carbocycles. The number of nitrogens with zero attached hydrogens (tertiary/aromatic N) is 1. The summed E-state index contributed by atoms with van der Waals surface area (Å²) >= 11 is -0.996. The Bertz CT molecular complexity index is 796. The molecule has 0 saturated heterocycles. The van der Waals surface area contributed by atoms with Gasteiger partial charge in [-0.1, -0.05) is 0 Å². The van der Waals surface area contributed by atoms with Crippen molar-refractivity contribution >= 4 is 16.9 Å². The Balaban J connectivity index is 2.07. The lowest BCUT2D eigenvalue weighted by Crippen LogP contribution is -2.16. The highest BCUT2D eigenvalue weighted by molar-refractivity contribution is 7.91. The molecule has 128 valence electrons. The van der Waals surface area contributed by atoms with Crippen LogP contribution in [0.3, 0.4) is 0 Å². The van der Waals surface area contributed by atoms with Crippen molar-refractivity contribution in [2.75, 3.05) is 17.6 Å². The fourth-order valence-electron chi connectivity index (χ4n) is 2.79. The van der Waals surface area contributed by atoms with E-state index in [1.54, 1.807) is 17.7 Å². The molecule has 1 aromatic carbocycles. The van der Waals surface area contributed by atoms with Gasteiger partial charge in [-0.25, -0.2) is 0 Å². The number of pyridine rings is 1. The van der Waals surface area contributed by atoms with Crippen molar-refractivity contribution in [2.24, 2.45) is 13.0 Å². The molecule has 1 unspecified atom stereocenters. The van der Waals surface area contributed by atoms with Crippen molar-refractivity contribution in [1.29, 1.82) is 0 Å². The van der Waals surface area contributed by atoms with E-state index in [4.69, 9.17) is 0 Å². The van der Waals surface area contributed by atoms with Gasteiger partial charge in [-0.3, -0.25) is 4.79 Å². The lowest BCUT2D eigenvalue weighted by atomic mass is 10.0. The summed E-state index contributed by atoms with van der Waals surface area (Å²) in [6.07, 6.45) is 4.45. The van der Waals surface area contributed by atoms with E-state index in [1.165, 1.54) is 12.8 Å². The molecule has 5 heteroatoms. The number of anilines is 1. The van der Waals surface area contributed by atoms with Gasteiger partial charge in [0.1, 0.15) is 5.75 Å². The van der Waals surface area contributed by atoms with E-state index in [0.29, 0.717) is 5.75 Å². The van der Waals surface area contributed by atoms with E-state index in [9.17, 15) is 9.35 Å². The Morgan fingerprint density at radius 3 is 2.71 bits per heavy atom. The normalized spacial score (nSPS) is 15.3. The van der Waals surface area contributed by atoms with Crippen molar-refractivity contribution < 1.29 is 4.55 Å². The Hall–Kier alpha value is -1.72. The second-order valence-electron chi connectivity index (χ2n) is 6.49. The number of aromatic nitrogens is 1. The van der Waals surface area contributed by atoms with Crippen molar-refractivity contribution in [3.05, 3.63) is 46.4 Å². The summed E-state index contributed by atoms with van der Waals surface area (Å²) in [6, 6.07) is 7.62. The lowest BCUT2D eigenvalue weighted by molar-refractivity contribution is 0.596. The quantitative estimate of drug-likeness (QED) is 0.818. The van der Waals surface area contributed by atoms with Gasteiger partial charge in [0.25, 0.3) is 5.56 Å². The van der Waals surface area contributed by atoms with Gasteiger partial charge in [0.2, 0.25) is 0 Å². The maximum Gasteiger partial charge on any atom is 0.250 e. The molecule has 2 aromatic rings. The minimum atomic E-state index is -0.996. The number of benzene rings is 1. The van der Waals surface area contributed by atoms with Crippen LogP contribution < -0.4 is 10.9 Å². The van der Waals surface area contributed by atoms with E-state index in [0.717, 1.165) is 39.7 Å². The molecule has 0 amide bonds. The molecule has 0 radical (unpaired) electrons. The summed E-state index contributed by atoms with van der Waals surface area (Å²) in [7, 11) is 1.76. The molecule has 24 heavy (non-hydrogen) atoms. The molecular weight excluding hydrogens is 320 g/mol. The predicted molar refractivity (Wildman–Crippen MR) is 100 cm³/mol. The maximum atomic E-state index is 12.2. The van der Waals surface area contributed by atoms with Gasteiger partial charge in [-0.2, -0.15) is 0 Å². The summed E-state index contributed by atoms with van der Waals surface area (Å²) in [5, 5.41) is 3.53. The van der Waals surface area contributed by atoms with Crippen LogP contribution in [0.5, 0.6) is 0 Å². The third-order valence-corrected chi connectivity index (χ3v) is 5.82. The topological polar surface area (TPSA) is 57.1 Å². The number of aryl methyl sites for hydroxylation is 2. The van der Waals surface area contributed by atoms with Crippen molar-refractivity contribution in [3.63, 3.8) is 0 Å². The molecule has 1 heterocycles. The average molecular weight is 344 g/mol. The Kier molecular flexibility index (Phi) is 5.01. The SMILES string of the molecule is CC[S+]([O-])c1ccc(NCC2CC2)c(-c2cn(C)c(=O)cc2C)c1. The summed E-state index contributed by atoms with van der Waals surface area (Å²) in [6.45, 7) is 4.84. The van der Waals surface area contributed by atoms with Crippen molar-refractivity contribution in [1.82, 2.24) is 4.57 Å². The summed E-state index contributed by atoms with van der Waals surface area (Å²) in [5.74, 6) is 1.36.